The third-order valence-corrected chi connectivity index (χ3v) is 4.51. The average molecular weight is 428 g/mol. The number of primary amides is 1. The molecule has 1 atom stereocenters. The molecule has 1 aromatic heterocycles. The number of benzene rings is 1. The molecular weight excluding hydrogens is 390 g/mol. The number of hydrogen-bond donors (Lipinski definition) is 2. The lowest BCUT2D eigenvalue weighted by Gasteiger charge is -2.34. The summed E-state index contributed by atoms with van der Waals surface area (Å²) in [6, 6.07) is 6.64. The SMILES string of the molecule is C#C.CC.CC(N)=O.CNCCn1cc(-c2ccc3c(c2)CC[C@H](C)N3C(C)=O)cn1. The summed E-state index contributed by atoms with van der Waals surface area (Å²) in [5, 5.41) is 7.54. The largest absolute Gasteiger partial charge is 0.370 e. The van der Waals surface area contributed by atoms with Crippen LogP contribution in [0.15, 0.2) is 30.6 Å². The van der Waals surface area contributed by atoms with Crippen LogP contribution < -0.4 is 16.0 Å². The highest BCUT2D eigenvalue weighted by Gasteiger charge is 2.26. The molecule has 7 nitrogen and oxygen atoms in total. The summed E-state index contributed by atoms with van der Waals surface area (Å²) in [6.45, 7) is 10.8. The molecule has 2 heterocycles. The number of aryl methyl sites for hydroxylation is 1. The van der Waals surface area contributed by atoms with E-state index >= 15 is 0 Å². The van der Waals surface area contributed by atoms with Crippen LogP contribution in [0, 0.1) is 12.8 Å². The normalized spacial score (nSPS) is 13.8. The van der Waals surface area contributed by atoms with Gasteiger partial charge in [0.25, 0.3) is 0 Å². The van der Waals surface area contributed by atoms with Crippen LogP contribution in [0.1, 0.15) is 46.6 Å². The molecule has 0 aliphatic carbocycles. The number of likely N-dealkylation sites (N-methyl/N-ethyl adjacent to an activating group) is 1. The first-order chi connectivity index (χ1) is 14.8. The van der Waals surface area contributed by atoms with E-state index in [-0.39, 0.29) is 17.9 Å². The number of hydrogen-bond acceptors (Lipinski definition) is 4. The van der Waals surface area contributed by atoms with Crippen molar-refractivity contribution in [2.75, 3.05) is 18.5 Å². The molecule has 0 bridgehead atoms. The van der Waals surface area contributed by atoms with Crippen molar-refractivity contribution in [2.24, 2.45) is 5.73 Å². The quantitative estimate of drug-likeness (QED) is 0.733. The molecule has 3 rings (SSSR count). The molecule has 0 spiro atoms. The lowest BCUT2D eigenvalue weighted by atomic mass is 9.94. The molecule has 3 N–H and O–H groups in total. The van der Waals surface area contributed by atoms with Crippen molar-refractivity contribution in [1.82, 2.24) is 15.1 Å². The van der Waals surface area contributed by atoms with Gasteiger partial charge in [0.1, 0.15) is 0 Å². The third kappa shape index (κ3) is 8.65. The summed E-state index contributed by atoms with van der Waals surface area (Å²) in [5.74, 6) is -0.217. The summed E-state index contributed by atoms with van der Waals surface area (Å²) >= 11 is 0. The molecule has 31 heavy (non-hydrogen) atoms. The number of amides is 2. The molecule has 0 saturated carbocycles. The number of fused-ring (bicyclic) bond motifs is 1. The van der Waals surface area contributed by atoms with Gasteiger partial charge in [0, 0.05) is 43.9 Å². The molecule has 1 aliphatic heterocycles. The molecule has 0 unspecified atom stereocenters. The van der Waals surface area contributed by atoms with Crippen LogP contribution in [0.2, 0.25) is 0 Å². The number of terminal acetylenes is 1. The standard InChI is InChI=1S/C18H24N4O.C2H5NO.C2H6.C2H2/c1-13-4-5-16-10-15(6-7-18(16)22(13)14(2)23)17-11-20-21(12-17)9-8-19-3;1-2(3)4;2*1-2/h6-7,10-13,19H,4-5,8-9H2,1-3H3;1H3,(H2,3,4);1-2H3;1-2H/t13-;;;/m0.../s1. The second kappa shape index (κ2) is 14.8. The van der Waals surface area contributed by atoms with E-state index in [1.165, 1.54) is 12.5 Å². The Kier molecular flexibility index (Phi) is 13.3. The Hall–Kier alpha value is -3.11. The van der Waals surface area contributed by atoms with Crippen molar-refractivity contribution >= 4 is 17.5 Å². The number of aromatic nitrogens is 2. The van der Waals surface area contributed by atoms with Crippen molar-refractivity contribution in [3.8, 4) is 24.0 Å². The monoisotopic (exact) mass is 427 g/mol. The smallest absolute Gasteiger partial charge is 0.224 e. The van der Waals surface area contributed by atoms with Gasteiger partial charge in [-0.05, 0) is 50.1 Å². The molecule has 170 valence electrons. The van der Waals surface area contributed by atoms with Gasteiger partial charge >= 0.3 is 0 Å². The van der Waals surface area contributed by atoms with Gasteiger partial charge in [-0.2, -0.15) is 5.10 Å². The molecule has 0 radical (unpaired) electrons. The zero-order valence-electron chi connectivity index (χ0n) is 19.7. The number of nitrogens with one attached hydrogen (secondary N) is 1. The van der Waals surface area contributed by atoms with E-state index in [1.54, 1.807) is 6.92 Å². The summed E-state index contributed by atoms with van der Waals surface area (Å²) in [4.78, 5) is 23.1. The van der Waals surface area contributed by atoms with Gasteiger partial charge < -0.3 is 16.0 Å². The highest BCUT2D eigenvalue weighted by atomic mass is 16.2. The minimum Gasteiger partial charge on any atom is -0.370 e. The molecule has 1 aromatic carbocycles. The summed E-state index contributed by atoms with van der Waals surface area (Å²) in [6.07, 6.45) is 14.0. The van der Waals surface area contributed by atoms with E-state index in [0.717, 1.165) is 42.7 Å². The topological polar surface area (TPSA) is 93.3 Å². The van der Waals surface area contributed by atoms with Crippen LogP contribution in [0.5, 0.6) is 0 Å². The van der Waals surface area contributed by atoms with E-state index in [2.05, 4.69) is 60.3 Å². The van der Waals surface area contributed by atoms with Gasteiger partial charge in [0.2, 0.25) is 11.8 Å². The van der Waals surface area contributed by atoms with E-state index in [0.29, 0.717) is 0 Å². The van der Waals surface area contributed by atoms with Crippen LogP contribution in [0.4, 0.5) is 5.69 Å². The van der Waals surface area contributed by atoms with E-state index in [4.69, 9.17) is 0 Å². The van der Waals surface area contributed by atoms with Crippen LogP contribution in [0.3, 0.4) is 0 Å². The Morgan fingerprint density at radius 1 is 1.23 bits per heavy atom. The zero-order valence-corrected chi connectivity index (χ0v) is 19.7. The summed E-state index contributed by atoms with van der Waals surface area (Å²) in [5.41, 5.74) is 9.07. The molecule has 1 aliphatic rings. The predicted molar refractivity (Wildman–Crippen MR) is 129 cm³/mol. The van der Waals surface area contributed by atoms with E-state index in [1.807, 2.05) is 36.7 Å². The first kappa shape index (κ1) is 27.9. The fraction of sp³-hybridized carbons (Fsp3) is 0.458. The van der Waals surface area contributed by atoms with Gasteiger partial charge in [0.05, 0.1) is 12.7 Å². The number of nitrogens with two attached hydrogens (primary N) is 1. The molecule has 7 heteroatoms. The summed E-state index contributed by atoms with van der Waals surface area (Å²) in [7, 11) is 1.94. The molecule has 2 amide bonds. The number of carbonyl (C=O) groups is 2. The highest BCUT2D eigenvalue weighted by Crippen LogP contribution is 2.34. The number of nitrogens with zero attached hydrogens (tertiary/aromatic N) is 3. The number of anilines is 1. The van der Waals surface area contributed by atoms with Gasteiger partial charge in [-0.15, -0.1) is 12.8 Å². The Morgan fingerprint density at radius 3 is 2.39 bits per heavy atom. The Balaban J connectivity index is 0.000000992. The van der Waals surface area contributed by atoms with Gasteiger partial charge in [0.15, 0.2) is 0 Å². The first-order valence-electron chi connectivity index (χ1n) is 10.5. The van der Waals surface area contributed by atoms with Crippen molar-refractivity contribution in [3.05, 3.63) is 36.2 Å². The molecule has 0 saturated heterocycles. The Labute approximate surface area is 187 Å². The second-order valence-electron chi connectivity index (χ2n) is 6.83. The Morgan fingerprint density at radius 2 is 1.84 bits per heavy atom. The molecular formula is C24H37N5O2. The van der Waals surface area contributed by atoms with Gasteiger partial charge in [-0.1, -0.05) is 19.9 Å². The van der Waals surface area contributed by atoms with Crippen molar-refractivity contribution in [1.29, 1.82) is 0 Å². The zero-order chi connectivity index (χ0) is 24.0. The fourth-order valence-corrected chi connectivity index (χ4v) is 3.27. The maximum absolute atomic E-state index is 11.9. The third-order valence-electron chi connectivity index (χ3n) is 4.51. The molecule has 2 aromatic rings. The first-order valence-corrected chi connectivity index (χ1v) is 10.5. The van der Waals surface area contributed by atoms with Gasteiger partial charge in [-0.3, -0.25) is 14.3 Å². The van der Waals surface area contributed by atoms with E-state index < -0.39 is 0 Å². The number of rotatable bonds is 4. The van der Waals surface area contributed by atoms with Crippen LogP contribution in [0.25, 0.3) is 11.1 Å². The van der Waals surface area contributed by atoms with Gasteiger partial charge in [-0.25, -0.2) is 0 Å². The predicted octanol–water partition coefficient (Wildman–Crippen LogP) is 3.22. The van der Waals surface area contributed by atoms with Crippen LogP contribution >= 0.6 is 0 Å². The maximum Gasteiger partial charge on any atom is 0.224 e. The number of carbonyl (C=O) groups excluding carboxylic acids is 2. The van der Waals surface area contributed by atoms with Crippen molar-refractivity contribution in [3.63, 3.8) is 0 Å². The Bertz CT molecular complexity index is 837. The lowest BCUT2D eigenvalue weighted by molar-refractivity contribution is -0.117. The lowest BCUT2D eigenvalue weighted by Crippen LogP contribution is -2.40. The van der Waals surface area contributed by atoms with Crippen molar-refractivity contribution in [2.45, 2.75) is 60.0 Å². The average Bonchev–Trinajstić information content (AvgIpc) is 3.23. The van der Waals surface area contributed by atoms with Crippen LogP contribution in [-0.2, 0) is 22.6 Å². The second-order valence-corrected chi connectivity index (χ2v) is 6.83. The maximum atomic E-state index is 11.9. The highest BCUT2D eigenvalue weighted by molar-refractivity contribution is 5.94. The minimum atomic E-state index is -0.333. The minimum absolute atomic E-state index is 0.117. The fourth-order valence-electron chi connectivity index (χ4n) is 3.27. The summed E-state index contributed by atoms with van der Waals surface area (Å²) < 4.78 is 1.95. The van der Waals surface area contributed by atoms with Crippen molar-refractivity contribution < 1.29 is 9.59 Å². The molecule has 0 fully saturated rings. The van der Waals surface area contributed by atoms with E-state index in [9.17, 15) is 9.59 Å². The van der Waals surface area contributed by atoms with Crippen LogP contribution in [-0.4, -0.2) is 41.2 Å².